The molecule has 150 valence electrons. The van der Waals surface area contributed by atoms with Gasteiger partial charge in [0, 0.05) is 24.5 Å². The fourth-order valence-corrected chi connectivity index (χ4v) is 3.54. The molecule has 0 spiro atoms. The fraction of sp³-hybridized carbons (Fsp3) is 0.364. The van der Waals surface area contributed by atoms with Crippen molar-refractivity contribution in [3.63, 3.8) is 0 Å². The van der Waals surface area contributed by atoms with Gasteiger partial charge in [0.05, 0.1) is 0 Å². The predicted molar refractivity (Wildman–Crippen MR) is 116 cm³/mol. The first kappa shape index (κ1) is 21.9. The molecule has 2 aromatic rings. The summed E-state index contributed by atoms with van der Waals surface area (Å²) in [5, 5.41) is 6.18. The molecule has 0 aromatic heterocycles. The highest BCUT2D eigenvalue weighted by molar-refractivity contribution is 6.13. The maximum absolute atomic E-state index is 12.8. The van der Waals surface area contributed by atoms with Gasteiger partial charge in [0.2, 0.25) is 11.8 Å². The van der Waals surface area contributed by atoms with Crippen molar-refractivity contribution < 1.29 is 9.59 Å². The molecule has 0 aliphatic carbocycles. The summed E-state index contributed by atoms with van der Waals surface area (Å²) in [6.45, 7) is 8.30. The number of anilines is 2. The van der Waals surface area contributed by atoms with Crippen molar-refractivity contribution in [2.45, 2.75) is 33.7 Å². The van der Waals surface area contributed by atoms with E-state index in [1.807, 2.05) is 50.2 Å². The highest BCUT2D eigenvalue weighted by Crippen LogP contribution is 2.28. The van der Waals surface area contributed by atoms with E-state index >= 15 is 0 Å². The molecular formula is C22H28ClN3O2. The molecule has 0 bridgehead atoms. The molecule has 2 amide bonds. The third kappa shape index (κ3) is 5.12. The van der Waals surface area contributed by atoms with Crippen molar-refractivity contribution in [2.24, 2.45) is 5.92 Å². The summed E-state index contributed by atoms with van der Waals surface area (Å²) in [4.78, 5) is 27.2. The average Bonchev–Trinajstić information content (AvgIpc) is 3.01. The molecule has 1 heterocycles. The molecule has 28 heavy (non-hydrogen) atoms. The molecule has 6 heteroatoms. The maximum atomic E-state index is 12.8. The second kappa shape index (κ2) is 9.71. The molecule has 1 aliphatic rings. The Morgan fingerprint density at radius 1 is 1.14 bits per heavy atom. The Balaban J connectivity index is 0.00000280. The average molecular weight is 402 g/mol. The van der Waals surface area contributed by atoms with E-state index in [1.54, 1.807) is 4.90 Å². The number of nitrogens with zero attached hydrogens (tertiary/aromatic N) is 1. The minimum absolute atomic E-state index is 0. The van der Waals surface area contributed by atoms with E-state index in [0.29, 0.717) is 13.0 Å². The van der Waals surface area contributed by atoms with Crippen LogP contribution in [0.3, 0.4) is 0 Å². The van der Waals surface area contributed by atoms with Crippen LogP contribution in [0, 0.1) is 19.8 Å². The zero-order valence-electron chi connectivity index (χ0n) is 16.6. The smallest absolute Gasteiger partial charge is 0.239 e. The first-order chi connectivity index (χ1) is 13.0. The molecule has 2 N–H and O–H groups in total. The molecule has 2 aromatic carbocycles. The Bertz CT molecular complexity index is 833. The van der Waals surface area contributed by atoms with Crippen molar-refractivity contribution in [2.75, 3.05) is 23.3 Å². The van der Waals surface area contributed by atoms with Gasteiger partial charge in [-0.3, -0.25) is 9.59 Å². The number of nitrogens with one attached hydrogen (secondary N) is 2. The number of carbonyl (C=O) groups is 2. The summed E-state index contributed by atoms with van der Waals surface area (Å²) in [5.41, 5.74) is 4.93. The molecule has 1 aliphatic heterocycles. The Labute approximate surface area is 172 Å². The summed E-state index contributed by atoms with van der Waals surface area (Å²) < 4.78 is 0. The summed E-state index contributed by atoms with van der Waals surface area (Å²) in [6, 6.07) is 13.8. The van der Waals surface area contributed by atoms with E-state index in [-0.39, 0.29) is 24.2 Å². The Morgan fingerprint density at radius 2 is 1.86 bits per heavy atom. The lowest BCUT2D eigenvalue weighted by Crippen LogP contribution is -2.33. The minimum Gasteiger partial charge on any atom is -0.325 e. The molecule has 0 radical (unpaired) electrons. The van der Waals surface area contributed by atoms with Crippen molar-refractivity contribution in [3.05, 3.63) is 59.2 Å². The van der Waals surface area contributed by atoms with Crippen LogP contribution in [0.4, 0.5) is 11.4 Å². The van der Waals surface area contributed by atoms with Gasteiger partial charge in [-0.1, -0.05) is 25.1 Å². The van der Waals surface area contributed by atoms with Crippen LogP contribution >= 0.6 is 12.4 Å². The van der Waals surface area contributed by atoms with Crippen LogP contribution in [0.2, 0.25) is 0 Å². The van der Waals surface area contributed by atoms with Gasteiger partial charge in [-0.2, -0.15) is 0 Å². The van der Waals surface area contributed by atoms with E-state index in [1.165, 1.54) is 0 Å². The van der Waals surface area contributed by atoms with E-state index < -0.39 is 5.92 Å². The summed E-state index contributed by atoms with van der Waals surface area (Å²) in [7, 11) is 0. The van der Waals surface area contributed by atoms with E-state index in [0.717, 1.165) is 41.2 Å². The van der Waals surface area contributed by atoms with E-state index in [9.17, 15) is 9.59 Å². The second-order valence-electron chi connectivity index (χ2n) is 7.15. The number of halogens is 1. The monoisotopic (exact) mass is 401 g/mol. The standard InChI is InChI=1S/C22H27N3O2.ClH/c1-4-23-14-17-6-5-7-18(13-17)24-21(26)20-8-9-25(22(20)27)19-11-15(2)10-16(3)12-19;/h5-7,10-13,20,23H,4,8-9,14H2,1-3H3,(H,24,26);1H. The van der Waals surface area contributed by atoms with Crippen molar-refractivity contribution in [1.29, 1.82) is 0 Å². The number of hydrogen-bond donors (Lipinski definition) is 2. The molecule has 1 unspecified atom stereocenters. The molecule has 1 saturated heterocycles. The van der Waals surface area contributed by atoms with Gasteiger partial charge >= 0.3 is 0 Å². The summed E-state index contributed by atoms with van der Waals surface area (Å²) >= 11 is 0. The first-order valence-corrected chi connectivity index (χ1v) is 9.48. The van der Waals surface area contributed by atoms with E-state index in [2.05, 4.69) is 23.6 Å². The first-order valence-electron chi connectivity index (χ1n) is 9.48. The number of hydrogen-bond acceptors (Lipinski definition) is 3. The van der Waals surface area contributed by atoms with Crippen LogP contribution in [0.25, 0.3) is 0 Å². The Kier molecular flexibility index (Phi) is 7.61. The van der Waals surface area contributed by atoms with Gasteiger partial charge in [-0.15, -0.1) is 12.4 Å². The SMILES string of the molecule is CCNCc1cccc(NC(=O)C2CCN(c3cc(C)cc(C)c3)C2=O)c1.Cl. The molecule has 0 saturated carbocycles. The molecule has 1 atom stereocenters. The molecule has 1 fully saturated rings. The zero-order valence-corrected chi connectivity index (χ0v) is 17.4. The lowest BCUT2D eigenvalue weighted by Gasteiger charge is -2.18. The van der Waals surface area contributed by atoms with Crippen LogP contribution in [0.5, 0.6) is 0 Å². The number of amides is 2. The molecular weight excluding hydrogens is 374 g/mol. The summed E-state index contributed by atoms with van der Waals surface area (Å²) in [6.07, 6.45) is 0.536. The summed E-state index contributed by atoms with van der Waals surface area (Å²) in [5.74, 6) is -0.989. The van der Waals surface area contributed by atoms with Gasteiger partial charge in [0.15, 0.2) is 0 Å². The minimum atomic E-state index is -0.636. The Morgan fingerprint density at radius 3 is 2.54 bits per heavy atom. The lowest BCUT2D eigenvalue weighted by molar-refractivity contribution is -0.129. The second-order valence-corrected chi connectivity index (χ2v) is 7.15. The van der Waals surface area contributed by atoms with Crippen LogP contribution in [-0.2, 0) is 16.1 Å². The van der Waals surface area contributed by atoms with Crippen molar-refractivity contribution in [1.82, 2.24) is 5.32 Å². The predicted octanol–water partition coefficient (Wildman–Crippen LogP) is 3.83. The molecule has 3 rings (SSSR count). The quantitative estimate of drug-likeness (QED) is 0.723. The fourth-order valence-electron chi connectivity index (χ4n) is 3.54. The van der Waals surface area contributed by atoms with Crippen molar-refractivity contribution in [3.8, 4) is 0 Å². The van der Waals surface area contributed by atoms with Crippen LogP contribution in [-0.4, -0.2) is 24.9 Å². The van der Waals surface area contributed by atoms with Crippen LogP contribution in [0.1, 0.15) is 30.0 Å². The van der Waals surface area contributed by atoms with Gasteiger partial charge < -0.3 is 15.5 Å². The third-order valence-electron chi connectivity index (χ3n) is 4.81. The largest absolute Gasteiger partial charge is 0.325 e. The van der Waals surface area contributed by atoms with E-state index in [4.69, 9.17) is 0 Å². The topological polar surface area (TPSA) is 61.4 Å². The van der Waals surface area contributed by atoms with Crippen LogP contribution < -0.4 is 15.5 Å². The number of rotatable bonds is 6. The van der Waals surface area contributed by atoms with Gasteiger partial charge in [-0.25, -0.2) is 0 Å². The Hall–Kier alpha value is -2.37. The third-order valence-corrected chi connectivity index (χ3v) is 4.81. The van der Waals surface area contributed by atoms with Crippen LogP contribution in [0.15, 0.2) is 42.5 Å². The highest BCUT2D eigenvalue weighted by Gasteiger charge is 2.37. The van der Waals surface area contributed by atoms with Crippen molar-refractivity contribution >= 4 is 35.6 Å². The van der Waals surface area contributed by atoms with Gasteiger partial charge in [0.1, 0.15) is 5.92 Å². The lowest BCUT2D eigenvalue weighted by atomic mass is 10.1. The highest BCUT2D eigenvalue weighted by atomic mass is 35.5. The van der Waals surface area contributed by atoms with Gasteiger partial charge in [-0.05, 0) is 67.8 Å². The number of carbonyl (C=O) groups excluding carboxylic acids is 2. The zero-order chi connectivity index (χ0) is 19.4. The van der Waals surface area contributed by atoms with Gasteiger partial charge in [0.25, 0.3) is 0 Å². The number of aryl methyl sites for hydroxylation is 2. The molecule has 5 nitrogen and oxygen atoms in total. The number of benzene rings is 2. The normalized spacial score (nSPS) is 16.0. The maximum Gasteiger partial charge on any atom is 0.239 e.